The Kier molecular flexibility index (Phi) is 10.6. The van der Waals surface area contributed by atoms with Crippen LogP contribution in [-0.4, -0.2) is 35.5 Å². The summed E-state index contributed by atoms with van der Waals surface area (Å²) in [6, 6.07) is 18.2. The second-order valence-corrected chi connectivity index (χ2v) is 13.5. The largest absolute Gasteiger partial charge is 0.489 e. The summed E-state index contributed by atoms with van der Waals surface area (Å²) in [5.41, 5.74) is 2.44. The van der Waals surface area contributed by atoms with E-state index >= 15 is 0 Å². The molecule has 0 bridgehead atoms. The van der Waals surface area contributed by atoms with Crippen molar-refractivity contribution in [1.29, 1.82) is 0 Å². The molecule has 0 aliphatic heterocycles. The maximum absolute atomic E-state index is 13.6. The zero-order valence-corrected chi connectivity index (χ0v) is 24.3. The van der Waals surface area contributed by atoms with Crippen LogP contribution < -0.4 is 10.1 Å². The summed E-state index contributed by atoms with van der Waals surface area (Å²) < 4.78 is 5.98. The molecule has 2 aromatic carbocycles. The van der Waals surface area contributed by atoms with E-state index in [1.54, 1.807) is 0 Å². The van der Waals surface area contributed by atoms with E-state index in [4.69, 9.17) is 4.74 Å². The van der Waals surface area contributed by atoms with Crippen LogP contribution in [0.5, 0.6) is 5.75 Å². The summed E-state index contributed by atoms with van der Waals surface area (Å²) in [7, 11) is 0. The van der Waals surface area contributed by atoms with Gasteiger partial charge in [0.2, 0.25) is 5.91 Å². The second kappa shape index (κ2) is 12.8. The van der Waals surface area contributed by atoms with Gasteiger partial charge in [0.15, 0.2) is 0 Å². The van der Waals surface area contributed by atoms with Gasteiger partial charge in [-0.15, -0.1) is 0 Å². The topological polar surface area (TPSA) is 41.6 Å². The van der Waals surface area contributed by atoms with Crippen molar-refractivity contribution in [3.63, 3.8) is 0 Å². The molecule has 0 heterocycles. The molecule has 2 rings (SSSR count). The van der Waals surface area contributed by atoms with E-state index in [2.05, 4.69) is 96.8 Å². The maximum Gasteiger partial charge on any atom is 0.238 e. The molecule has 4 nitrogen and oxygen atoms in total. The van der Waals surface area contributed by atoms with Gasteiger partial charge in [0.05, 0.1) is 6.04 Å². The van der Waals surface area contributed by atoms with Crippen molar-refractivity contribution >= 4 is 5.91 Å². The van der Waals surface area contributed by atoms with Gasteiger partial charge in [0, 0.05) is 5.54 Å². The SMILES string of the molecule is CC(C)(C)CCN(CCC(C)(C)C)[C@@H](Cc1ccc(OCc2ccccc2)cc1)C(=O)NC(C)(C)C. The third-order valence-electron chi connectivity index (χ3n) is 6.14. The molecule has 0 radical (unpaired) electrons. The Hall–Kier alpha value is -2.33. The first kappa shape index (κ1) is 29.9. The van der Waals surface area contributed by atoms with Crippen molar-refractivity contribution in [1.82, 2.24) is 10.2 Å². The van der Waals surface area contributed by atoms with Gasteiger partial charge < -0.3 is 10.1 Å². The first-order chi connectivity index (χ1) is 16.6. The molecule has 0 fully saturated rings. The van der Waals surface area contributed by atoms with Gasteiger partial charge in [0.1, 0.15) is 12.4 Å². The molecule has 200 valence electrons. The minimum absolute atomic E-state index is 0.106. The Morgan fingerprint density at radius 1 is 0.778 bits per heavy atom. The molecular weight excluding hydrogens is 444 g/mol. The highest BCUT2D eigenvalue weighted by Crippen LogP contribution is 2.25. The van der Waals surface area contributed by atoms with Crippen LogP contribution in [0.3, 0.4) is 0 Å². The summed E-state index contributed by atoms with van der Waals surface area (Å²) in [4.78, 5) is 16.0. The van der Waals surface area contributed by atoms with Crippen LogP contribution in [0.2, 0.25) is 0 Å². The molecule has 1 atom stereocenters. The summed E-state index contributed by atoms with van der Waals surface area (Å²) in [5, 5.41) is 3.26. The van der Waals surface area contributed by atoms with E-state index in [1.807, 2.05) is 30.3 Å². The second-order valence-electron chi connectivity index (χ2n) is 13.5. The molecule has 2 aromatic rings. The number of rotatable bonds is 11. The van der Waals surface area contributed by atoms with Gasteiger partial charge in [-0.1, -0.05) is 84.0 Å². The number of nitrogens with zero attached hydrogens (tertiary/aromatic N) is 1. The number of nitrogens with one attached hydrogen (secondary N) is 1. The molecule has 0 aromatic heterocycles. The smallest absolute Gasteiger partial charge is 0.238 e. The van der Waals surface area contributed by atoms with Crippen LogP contribution in [0.25, 0.3) is 0 Å². The molecule has 1 amide bonds. The Labute approximate surface area is 220 Å². The molecule has 0 saturated heterocycles. The Morgan fingerprint density at radius 3 is 1.78 bits per heavy atom. The lowest BCUT2D eigenvalue weighted by molar-refractivity contribution is -0.128. The van der Waals surface area contributed by atoms with Crippen LogP contribution in [0.4, 0.5) is 0 Å². The fourth-order valence-corrected chi connectivity index (χ4v) is 3.91. The summed E-state index contributed by atoms with van der Waals surface area (Å²) in [5.74, 6) is 0.949. The maximum atomic E-state index is 13.6. The van der Waals surface area contributed by atoms with E-state index in [9.17, 15) is 4.79 Å². The van der Waals surface area contributed by atoms with Crippen molar-refractivity contribution < 1.29 is 9.53 Å². The van der Waals surface area contributed by atoms with E-state index in [-0.39, 0.29) is 28.3 Å². The van der Waals surface area contributed by atoms with E-state index in [0.29, 0.717) is 13.0 Å². The highest BCUT2D eigenvalue weighted by atomic mass is 16.5. The fourth-order valence-electron chi connectivity index (χ4n) is 3.91. The minimum atomic E-state index is -0.274. The normalized spacial score (nSPS) is 13.5. The quantitative estimate of drug-likeness (QED) is 0.357. The van der Waals surface area contributed by atoms with Crippen LogP contribution in [-0.2, 0) is 17.8 Å². The number of hydrogen-bond acceptors (Lipinski definition) is 3. The Balaban J connectivity index is 2.21. The zero-order chi connectivity index (χ0) is 27.0. The number of carbonyl (C=O) groups is 1. The third-order valence-corrected chi connectivity index (χ3v) is 6.14. The average Bonchev–Trinajstić information content (AvgIpc) is 2.75. The van der Waals surface area contributed by atoms with Gasteiger partial charge in [-0.05, 0) is 87.2 Å². The predicted molar refractivity (Wildman–Crippen MR) is 152 cm³/mol. The number of carbonyl (C=O) groups excluding carboxylic acids is 1. The van der Waals surface area contributed by atoms with E-state index < -0.39 is 0 Å². The average molecular weight is 495 g/mol. The number of benzene rings is 2. The highest BCUT2D eigenvalue weighted by molar-refractivity contribution is 5.82. The summed E-state index contributed by atoms with van der Waals surface area (Å²) in [6.45, 7) is 22.1. The molecule has 0 unspecified atom stereocenters. The Morgan fingerprint density at radius 2 is 1.31 bits per heavy atom. The standard InChI is InChI=1S/C32H50N2O2/c1-30(2,3)19-21-34(22-20-31(4,5)6)28(29(35)33-32(7,8)9)23-25-15-17-27(18-16-25)36-24-26-13-11-10-12-14-26/h10-18,28H,19-24H2,1-9H3,(H,33,35)/t28-/m0/s1. The molecule has 0 saturated carbocycles. The van der Waals surface area contributed by atoms with Crippen LogP contribution in [0, 0.1) is 10.8 Å². The molecule has 0 aliphatic rings. The van der Waals surface area contributed by atoms with E-state index in [1.165, 1.54) is 0 Å². The third kappa shape index (κ3) is 12.1. The van der Waals surface area contributed by atoms with Crippen molar-refractivity contribution in [2.75, 3.05) is 13.1 Å². The molecule has 4 heteroatoms. The highest BCUT2D eigenvalue weighted by Gasteiger charge is 2.30. The lowest BCUT2D eigenvalue weighted by Gasteiger charge is -2.36. The van der Waals surface area contributed by atoms with Crippen LogP contribution in [0.15, 0.2) is 54.6 Å². The molecule has 0 aliphatic carbocycles. The van der Waals surface area contributed by atoms with Gasteiger partial charge in [-0.2, -0.15) is 0 Å². The van der Waals surface area contributed by atoms with Crippen molar-refractivity contribution in [3.8, 4) is 5.75 Å². The number of hydrogen-bond donors (Lipinski definition) is 1. The first-order valence-electron chi connectivity index (χ1n) is 13.4. The monoisotopic (exact) mass is 494 g/mol. The van der Waals surface area contributed by atoms with Gasteiger partial charge in [-0.3, -0.25) is 9.69 Å². The van der Waals surface area contributed by atoms with Crippen LogP contribution >= 0.6 is 0 Å². The zero-order valence-electron chi connectivity index (χ0n) is 24.3. The van der Waals surface area contributed by atoms with Crippen LogP contribution in [0.1, 0.15) is 86.3 Å². The van der Waals surface area contributed by atoms with Crippen molar-refractivity contribution in [2.24, 2.45) is 10.8 Å². The first-order valence-corrected chi connectivity index (χ1v) is 13.4. The van der Waals surface area contributed by atoms with Crippen molar-refractivity contribution in [2.45, 2.75) is 99.8 Å². The van der Waals surface area contributed by atoms with Gasteiger partial charge in [0.25, 0.3) is 0 Å². The lowest BCUT2D eigenvalue weighted by Crippen LogP contribution is -2.54. The predicted octanol–water partition coefficient (Wildman–Crippen LogP) is 7.27. The fraction of sp³-hybridized carbons (Fsp3) is 0.594. The molecule has 36 heavy (non-hydrogen) atoms. The minimum Gasteiger partial charge on any atom is -0.489 e. The lowest BCUT2D eigenvalue weighted by atomic mass is 9.89. The summed E-state index contributed by atoms with van der Waals surface area (Å²) in [6.07, 6.45) is 2.76. The number of amides is 1. The summed E-state index contributed by atoms with van der Waals surface area (Å²) >= 11 is 0. The molecule has 1 N–H and O–H groups in total. The molecular formula is C32H50N2O2. The van der Waals surface area contributed by atoms with Gasteiger partial charge >= 0.3 is 0 Å². The molecule has 0 spiro atoms. The van der Waals surface area contributed by atoms with E-state index in [0.717, 1.165) is 42.8 Å². The Bertz CT molecular complexity index is 898. The van der Waals surface area contributed by atoms with Crippen molar-refractivity contribution in [3.05, 3.63) is 65.7 Å². The van der Waals surface area contributed by atoms with Gasteiger partial charge in [-0.25, -0.2) is 0 Å². The number of ether oxygens (including phenoxy) is 1.